The molecule has 1 aromatic rings. The molecule has 5 heteroatoms. The summed E-state index contributed by atoms with van der Waals surface area (Å²) >= 11 is 0. The Morgan fingerprint density at radius 2 is 2.11 bits per heavy atom. The molecule has 1 N–H and O–H groups in total. The van der Waals surface area contributed by atoms with Gasteiger partial charge in [0.1, 0.15) is 5.82 Å². The number of esters is 1. The second-order valence-corrected chi connectivity index (χ2v) is 3.74. The Hall–Kier alpha value is -1.78. The summed E-state index contributed by atoms with van der Waals surface area (Å²) in [5.41, 5.74) is 0.150. The molecule has 1 aromatic carbocycles. The van der Waals surface area contributed by atoms with Crippen LogP contribution in [0.5, 0.6) is 11.5 Å². The maximum Gasteiger partial charge on any atom is 0.310 e. The monoisotopic (exact) mass is 256 g/mol. The summed E-state index contributed by atoms with van der Waals surface area (Å²) in [6.45, 7) is 4.29. The highest BCUT2D eigenvalue weighted by atomic mass is 19.1. The van der Waals surface area contributed by atoms with E-state index in [2.05, 4.69) is 0 Å². The van der Waals surface area contributed by atoms with Crippen molar-refractivity contribution in [2.75, 3.05) is 13.2 Å². The molecule has 0 radical (unpaired) electrons. The third kappa shape index (κ3) is 3.91. The number of rotatable bonds is 6. The number of carbonyl (C=O) groups excluding carboxylic acids is 1. The lowest BCUT2D eigenvalue weighted by Gasteiger charge is -2.09. The molecule has 0 aliphatic carbocycles. The van der Waals surface area contributed by atoms with E-state index in [0.29, 0.717) is 19.6 Å². The normalized spacial score (nSPS) is 10.2. The summed E-state index contributed by atoms with van der Waals surface area (Å²) in [6, 6.07) is 2.26. The molecule has 0 aliphatic heterocycles. The lowest BCUT2D eigenvalue weighted by atomic mass is 10.1. The SMILES string of the molecule is CCCOC(=O)Cc1cc(OCC)c(O)cc1F. The molecule has 0 amide bonds. The van der Waals surface area contributed by atoms with Gasteiger partial charge in [-0.1, -0.05) is 6.92 Å². The Labute approximate surface area is 105 Å². The van der Waals surface area contributed by atoms with Crippen LogP contribution in [0.2, 0.25) is 0 Å². The van der Waals surface area contributed by atoms with Gasteiger partial charge >= 0.3 is 5.97 Å². The molecular weight excluding hydrogens is 239 g/mol. The van der Waals surface area contributed by atoms with Crippen LogP contribution in [0.1, 0.15) is 25.8 Å². The maximum atomic E-state index is 13.5. The average Bonchev–Trinajstić information content (AvgIpc) is 2.33. The fraction of sp³-hybridized carbons (Fsp3) is 0.462. The second kappa shape index (κ2) is 6.83. The fourth-order valence-corrected chi connectivity index (χ4v) is 1.41. The molecule has 0 saturated heterocycles. The van der Waals surface area contributed by atoms with Crippen LogP contribution in [0, 0.1) is 5.82 Å². The van der Waals surface area contributed by atoms with Gasteiger partial charge in [-0.25, -0.2) is 4.39 Å². The number of carbonyl (C=O) groups is 1. The fourth-order valence-electron chi connectivity index (χ4n) is 1.41. The van der Waals surface area contributed by atoms with Crippen molar-refractivity contribution in [3.8, 4) is 11.5 Å². The van der Waals surface area contributed by atoms with Crippen molar-refractivity contribution in [2.24, 2.45) is 0 Å². The van der Waals surface area contributed by atoms with Crippen molar-refractivity contribution >= 4 is 5.97 Å². The van der Waals surface area contributed by atoms with E-state index in [9.17, 15) is 14.3 Å². The standard InChI is InChI=1S/C13H17FO4/c1-3-5-18-13(16)7-9-6-12(17-4-2)11(15)8-10(9)14/h6,8,15H,3-5,7H2,1-2H3. The van der Waals surface area contributed by atoms with Gasteiger partial charge in [0.25, 0.3) is 0 Å². The quantitative estimate of drug-likeness (QED) is 0.794. The number of phenolic OH excluding ortho intramolecular Hbond substituents is 1. The molecule has 0 heterocycles. The Morgan fingerprint density at radius 1 is 1.39 bits per heavy atom. The van der Waals surface area contributed by atoms with Gasteiger partial charge in [0.15, 0.2) is 11.5 Å². The molecule has 0 unspecified atom stereocenters. The molecule has 100 valence electrons. The van der Waals surface area contributed by atoms with Crippen LogP contribution in [0.4, 0.5) is 4.39 Å². The van der Waals surface area contributed by atoms with E-state index in [4.69, 9.17) is 9.47 Å². The Balaban J connectivity index is 2.81. The molecule has 18 heavy (non-hydrogen) atoms. The van der Waals surface area contributed by atoms with Crippen LogP contribution in [0.15, 0.2) is 12.1 Å². The van der Waals surface area contributed by atoms with E-state index in [-0.39, 0.29) is 23.5 Å². The third-order valence-corrected chi connectivity index (χ3v) is 2.23. The van der Waals surface area contributed by atoms with Gasteiger partial charge in [-0.3, -0.25) is 4.79 Å². The van der Waals surface area contributed by atoms with Crippen molar-refractivity contribution in [2.45, 2.75) is 26.7 Å². The smallest absolute Gasteiger partial charge is 0.310 e. The van der Waals surface area contributed by atoms with Gasteiger partial charge < -0.3 is 14.6 Å². The van der Waals surface area contributed by atoms with Crippen molar-refractivity contribution < 1.29 is 23.8 Å². The van der Waals surface area contributed by atoms with Gasteiger partial charge in [-0.05, 0) is 19.4 Å². The average molecular weight is 256 g/mol. The van der Waals surface area contributed by atoms with E-state index in [1.807, 2.05) is 6.92 Å². The number of halogens is 1. The van der Waals surface area contributed by atoms with Gasteiger partial charge in [0, 0.05) is 11.6 Å². The van der Waals surface area contributed by atoms with Crippen molar-refractivity contribution in [3.63, 3.8) is 0 Å². The number of ether oxygens (including phenoxy) is 2. The minimum Gasteiger partial charge on any atom is -0.504 e. The van der Waals surface area contributed by atoms with E-state index in [1.165, 1.54) is 6.07 Å². The Bertz CT molecular complexity index is 418. The zero-order chi connectivity index (χ0) is 13.5. The Kier molecular flexibility index (Phi) is 5.42. The highest BCUT2D eigenvalue weighted by Crippen LogP contribution is 2.29. The van der Waals surface area contributed by atoms with Crippen LogP contribution < -0.4 is 4.74 Å². The topological polar surface area (TPSA) is 55.8 Å². The molecule has 0 aliphatic rings. The van der Waals surface area contributed by atoms with Crippen LogP contribution in [-0.2, 0) is 16.0 Å². The zero-order valence-corrected chi connectivity index (χ0v) is 10.5. The van der Waals surface area contributed by atoms with Crippen LogP contribution >= 0.6 is 0 Å². The third-order valence-electron chi connectivity index (χ3n) is 2.23. The number of benzene rings is 1. The van der Waals surface area contributed by atoms with Gasteiger partial charge in [-0.2, -0.15) is 0 Å². The molecule has 0 saturated carbocycles. The number of hydrogen-bond donors (Lipinski definition) is 1. The van der Waals surface area contributed by atoms with Gasteiger partial charge in [-0.15, -0.1) is 0 Å². The summed E-state index contributed by atoms with van der Waals surface area (Å²) in [5.74, 6) is -1.26. The zero-order valence-electron chi connectivity index (χ0n) is 10.5. The van der Waals surface area contributed by atoms with Crippen LogP contribution in [0.3, 0.4) is 0 Å². The van der Waals surface area contributed by atoms with Crippen molar-refractivity contribution in [1.29, 1.82) is 0 Å². The highest BCUT2D eigenvalue weighted by Gasteiger charge is 2.14. The molecule has 0 spiro atoms. The lowest BCUT2D eigenvalue weighted by molar-refractivity contribution is -0.142. The van der Waals surface area contributed by atoms with Crippen molar-refractivity contribution in [3.05, 3.63) is 23.5 Å². The summed E-state index contributed by atoms with van der Waals surface area (Å²) in [6.07, 6.45) is 0.542. The van der Waals surface area contributed by atoms with Gasteiger partial charge in [0.05, 0.1) is 19.6 Å². The largest absolute Gasteiger partial charge is 0.504 e. The molecule has 0 fully saturated rings. The van der Waals surface area contributed by atoms with Gasteiger partial charge in [0.2, 0.25) is 0 Å². The van der Waals surface area contributed by atoms with Crippen LogP contribution in [-0.4, -0.2) is 24.3 Å². The van der Waals surface area contributed by atoms with E-state index in [1.54, 1.807) is 6.92 Å². The van der Waals surface area contributed by atoms with E-state index < -0.39 is 11.8 Å². The predicted octanol–water partition coefficient (Wildman–Crippen LogP) is 2.43. The molecule has 1 rings (SSSR count). The minimum absolute atomic E-state index is 0.150. The first kappa shape index (κ1) is 14.3. The number of hydrogen-bond acceptors (Lipinski definition) is 4. The summed E-state index contributed by atoms with van der Waals surface area (Å²) in [4.78, 5) is 11.4. The lowest BCUT2D eigenvalue weighted by Crippen LogP contribution is -2.10. The minimum atomic E-state index is -0.649. The number of aromatic hydroxyl groups is 1. The molecule has 4 nitrogen and oxygen atoms in total. The molecule has 0 atom stereocenters. The first-order valence-electron chi connectivity index (χ1n) is 5.88. The first-order valence-corrected chi connectivity index (χ1v) is 5.88. The van der Waals surface area contributed by atoms with E-state index >= 15 is 0 Å². The van der Waals surface area contributed by atoms with Crippen LogP contribution in [0.25, 0.3) is 0 Å². The second-order valence-electron chi connectivity index (χ2n) is 3.74. The summed E-state index contributed by atoms with van der Waals surface area (Å²) in [7, 11) is 0. The molecular formula is C13H17FO4. The Morgan fingerprint density at radius 3 is 2.72 bits per heavy atom. The first-order chi connectivity index (χ1) is 8.58. The summed E-state index contributed by atoms with van der Waals surface area (Å²) in [5, 5.41) is 9.44. The van der Waals surface area contributed by atoms with Crippen molar-refractivity contribution in [1.82, 2.24) is 0 Å². The molecule has 0 bridgehead atoms. The molecule has 0 aromatic heterocycles. The maximum absolute atomic E-state index is 13.5. The highest BCUT2D eigenvalue weighted by molar-refractivity contribution is 5.73. The number of phenols is 1. The van der Waals surface area contributed by atoms with E-state index in [0.717, 1.165) is 6.07 Å². The summed E-state index contributed by atoms with van der Waals surface area (Å²) < 4.78 is 23.5. The predicted molar refractivity (Wildman–Crippen MR) is 64.2 cm³/mol.